The third kappa shape index (κ3) is 6.35. The van der Waals surface area contributed by atoms with E-state index in [1.165, 1.54) is 0 Å². The van der Waals surface area contributed by atoms with Crippen molar-refractivity contribution >= 4 is 0 Å². The van der Waals surface area contributed by atoms with Gasteiger partial charge in [-0.05, 0) is 33.0 Å². The van der Waals surface area contributed by atoms with Crippen LogP contribution >= 0.6 is 0 Å². The smallest absolute Gasteiger partial charge is 0.0615 e. The Morgan fingerprint density at radius 1 is 1.36 bits per heavy atom. The molecule has 0 heterocycles. The van der Waals surface area contributed by atoms with Gasteiger partial charge in [0, 0.05) is 19.7 Å². The van der Waals surface area contributed by atoms with Gasteiger partial charge in [0.2, 0.25) is 0 Å². The van der Waals surface area contributed by atoms with Gasteiger partial charge >= 0.3 is 0 Å². The predicted molar refractivity (Wildman–Crippen MR) is 61.7 cm³/mol. The molecule has 0 aromatic carbocycles. The van der Waals surface area contributed by atoms with Gasteiger partial charge in [-0.2, -0.15) is 0 Å². The van der Waals surface area contributed by atoms with Gasteiger partial charge < -0.3 is 15.0 Å². The molecule has 0 saturated heterocycles. The number of hydrogen-bond acceptors (Lipinski definition) is 3. The summed E-state index contributed by atoms with van der Waals surface area (Å²) < 4.78 is 5.13. The van der Waals surface area contributed by atoms with Crippen LogP contribution in [0, 0.1) is 5.92 Å². The molecule has 2 atom stereocenters. The predicted octanol–water partition coefficient (Wildman–Crippen LogP) is 1.20. The second kappa shape index (κ2) is 8.21. The van der Waals surface area contributed by atoms with Crippen molar-refractivity contribution in [2.75, 3.05) is 40.4 Å². The SMILES string of the molecule is CCNCC(C)CN(C)C(C)COC. The van der Waals surface area contributed by atoms with Crippen LogP contribution in [0.2, 0.25) is 0 Å². The molecule has 0 rings (SSSR count). The molecule has 2 unspecified atom stereocenters. The summed E-state index contributed by atoms with van der Waals surface area (Å²) in [5.41, 5.74) is 0. The first-order valence-electron chi connectivity index (χ1n) is 5.51. The van der Waals surface area contributed by atoms with Crippen molar-refractivity contribution in [2.45, 2.75) is 26.8 Å². The Bertz CT molecular complexity index is 130. The van der Waals surface area contributed by atoms with Crippen LogP contribution in [0.15, 0.2) is 0 Å². The first-order chi connectivity index (χ1) is 6.61. The highest BCUT2D eigenvalue weighted by Crippen LogP contribution is 2.01. The summed E-state index contributed by atoms with van der Waals surface area (Å²) in [6.45, 7) is 10.7. The largest absolute Gasteiger partial charge is 0.383 e. The molecule has 3 heteroatoms. The molecular weight excluding hydrogens is 176 g/mol. The van der Waals surface area contributed by atoms with E-state index in [0.717, 1.165) is 26.2 Å². The lowest BCUT2D eigenvalue weighted by atomic mass is 10.1. The second-order valence-corrected chi connectivity index (χ2v) is 4.16. The van der Waals surface area contributed by atoms with Gasteiger partial charge in [0.15, 0.2) is 0 Å². The highest BCUT2D eigenvalue weighted by atomic mass is 16.5. The van der Waals surface area contributed by atoms with Crippen molar-refractivity contribution in [3.8, 4) is 0 Å². The average molecular weight is 202 g/mol. The first-order valence-corrected chi connectivity index (χ1v) is 5.51. The molecule has 1 N–H and O–H groups in total. The number of ether oxygens (including phenoxy) is 1. The zero-order chi connectivity index (χ0) is 11.0. The fourth-order valence-corrected chi connectivity index (χ4v) is 1.50. The van der Waals surface area contributed by atoms with Gasteiger partial charge in [0.25, 0.3) is 0 Å². The van der Waals surface area contributed by atoms with E-state index in [-0.39, 0.29) is 0 Å². The van der Waals surface area contributed by atoms with Crippen LogP contribution in [-0.4, -0.2) is 51.3 Å². The van der Waals surface area contributed by atoms with Gasteiger partial charge in [-0.1, -0.05) is 13.8 Å². The van der Waals surface area contributed by atoms with Crippen LogP contribution in [-0.2, 0) is 4.74 Å². The van der Waals surface area contributed by atoms with Crippen LogP contribution in [0.25, 0.3) is 0 Å². The summed E-state index contributed by atoms with van der Waals surface area (Å²) in [5.74, 6) is 0.694. The maximum Gasteiger partial charge on any atom is 0.0615 e. The van der Waals surface area contributed by atoms with Gasteiger partial charge in [-0.25, -0.2) is 0 Å². The third-order valence-electron chi connectivity index (χ3n) is 2.50. The monoisotopic (exact) mass is 202 g/mol. The summed E-state index contributed by atoms with van der Waals surface area (Å²) in [4.78, 5) is 2.35. The van der Waals surface area contributed by atoms with E-state index in [4.69, 9.17) is 4.74 Å². The van der Waals surface area contributed by atoms with E-state index in [2.05, 4.69) is 38.0 Å². The van der Waals surface area contributed by atoms with Crippen molar-refractivity contribution in [1.82, 2.24) is 10.2 Å². The summed E-state index contributed by atoms with van der Waals surface area (Å²) in [5, 5.41) is 3.37. The minimum Gasteiger partial charge on any atom is -0.383 e. The maximum absolute atomic E-state index is 5.13. The lowest BCUT2D eigenvalue weighted by molar-refractivity contribution is 0.107. The van der Waals surface area contributed by atoms with Crippen molar-refractivity contribution < 1.29 is 4.74 Å². The second-order valence-electron chi connectivity index (χ2n) is 4.16. The van der Waals surface area contributed by atoms with E-state index in [1.807, 2.05) is 0 Å². The van der Waals surface area contributed by atoms with Crippen LogP contribution in [0.5, 0.6) is 0 Å². The Morgan fingerprint density at radius 3 is 2.50 bits per heavy atom. The molecule has 0 amide bonds. The van der Waals surface area contributed by atoms with Crippen molar-refractivity contribution in [3.05, 3.63) is 0 Å². The molecular formula is C11H26N2O. The average Bonchev–Trinajstić information content (AvgIpc) is 2.15. The maximum atomic E-state index is 5.13. The summed E-state index contributed by atoms with van der Waals surface area (Å²) in [7, 11) is 3.92. The molecule has 0 spiro atoms. The van der Waals surface area contributed by atoms with Crippen LogP contribution in [0.3, 0.4) is 0 Å². The summed E-state index contributed by atoms with van der Waals surface area (Å²) in [6.07, 6.45) is 0. The molecule has 0 aliphatic rings. The molecule has 0 saturated carbocycles. The van der Waals surface area contributed by atoms with E-state index >= 15 is 0 Å². The Balaban J connectivity index is 3.63. The van der Waals surface area contributed by atoms with Crippen LogP contribution in [0.1, 0.15) is 20.8 Å². The summed E-state index contributed by atoms with van der Waals surface area (Å²) in [6, 6.07) is 0.504. The highest BCUT2D eigenvalue weighted by Gasteiger charge is 2.11. The van der Waals surface area contributed by atoms with Crippen molar-refractivity contribution in [2.24, 2.45) is 5.92 Å². The van der Waals surface area contributed by atoms with Crippen LogP contribution < -0.4 is 5.32 Å². The quantitative estimate of drug-likeness (QED) is 0.640. The topological polar surface area (TPSA) is 24.5 Å². The number of nitrogens with zero attached hydrogens (tertiary/aromatic N) is 1. The van der Waals surface area contributed by atoms with Gasteiger partial charge in [0.05, 0.1) is 6.61 Å². The molecule has 0 aromatic heterocycles. The highest BCUT2D eigenvalue weighted by molar-refractivity contribution is 4.66. The lowest BCUT2D eigenvalue weighted by Gasteiger charge is -2.27. The Morgan fingerprint density at radius 2 is 2.00 bits per heavy atom. The van der Waals surface area contributed by atoms with Crippen LogP contribution in [0.4, 0.5) is 0 Å². The Kier molecular flexibility index (Phi) is 8.14. The van der Waals surface area contributed by atoms with Crippen molar-refractivity contribution in [1.29, 1.82) is 0 Å². The van der Waals surface area contributed by atoms with Crippen molar-refractivity contribution in [3.63, 3.8) is 0 Å². The first kappa shape index (κ1) is 13.9. The molecule has 14 heavy (non-hydrogen) atoms. The van der Waals surface area contributed by atoms with E-state index in [9.17, 15) is 0 Å². The molecule has 0 aliphatic carbocycles. The van der Waals surface area contributed by atoms with Gasteiger partial charge in [-0.3, -0.25) is 0 Å². The Hall–Kier alpha value is -0.120. The number of rotatable bonds is 8. The molecule has 3 nitrogen and oxygen atoms in total. The number of methoxy groups -OCH3 is 1. The molecule has 0 fully saturated rings. The van der Waals surface area contributed by atoms with Gasteiger partial charge in [0.1, 0.15) is 0 Å². The molecule has 86 valence electrons. The minimum absolute atomic E-state index is 0.504. The van der Waals surface area contributed by atoms with E-state index in [0.29, 0.717) is 12.0 Å². The molecule has 0 bridgehead atoms. The fourth-order valence-electron chi connectivity index (χ4n) is 1.50. The number of likely N-dealkylation sites (N-methyl/N-ethyl adjacent to an activating group) is 1. The normalized spacial score (nSPS) is 15.9. The zero-order valence-corrected chi connectivity index (χ0v) is 10.3. The number of hydrogen-bond donors (Lipinski definition) is 1. The molecule has 0 aliphatic heterocycles. The van der Waals surface area contributed by atoms with E-state index in [1.54, 1.807) is 7.11 Å². The minimum atomic E-state index is 0.504. The number of nitrogens with one attached hydrogen (secondary N) is 1. The zero-order valence-electron chi connectivity index (χ0n) is 10.3. The standard InChI is InChI=1S/C11H26N2O/c1-6-12-7-10(2)8-13(4)11(3)9-14-5/h10-12H,6-9H2,1-5H3. The Labute approximate surface area is 88.8 Å². The summed E-state index contributed by atoms with van der Waals surface area (Å²) >= 11 is 0. The third-order valence-corrected chi connectivity index (χ3v) is 2.50. The van der Waals surface area contributed by atoms with E-state index < -0.39 is 0 Å². The molecule has 0 radical (unpaired) electrons. The fraction of sp³-hybridized carbons (Fsp3) is 1.00. The molecule has 0 aromatic rings. The lowest BCUT2D eigenvalue weighted by Crippen LogP contribution is -2.38. The van der Waals surface area contributed by atoms with Gasteiger partial charge in [-0.15, -0.1) is 0 Å².